The second kappa shape index (κ2) is 6.83. The third-order valence-corrected chi connectivity index (χ3v) is 3.16. The van der Waals surface area contributed by atoms with E-state index in [1.165, 1.54) is 0 Å². The van der Waals surface area contributed by atoms with Gasteiger partial charge in [0.1, 0.15) is 0 Å². The third-order valence-electron chi connectivity index (χ3n) is 3.16. The SMILES string of the molecule is CCOC(=O)c1nnn(CC(C)(O)CC)c1CC(C)C. The molecule has 0 aliphatic rings. The standard InChI is InChI=1S/C14H25N3O3/c1-6-14(5,19)9-17-11(8-10(3)4)12(15-16-17)13(18)20-7-2/h10,19H,6-9H2,1-5H3. The van der Waals surface area contributed by atoms with E-state index in [1.54, 1.807) is 18.5 Å². The molecule has 20 heavy (non-hydrogen) atoms. The van der Waals surface area contributed by atoms with Crippen molar-refractivity contribution < 1.29 is 14.6 Å². The lowest BCUT2D eigenvalue weighted by molar-refractivity contribution is 0.0328. The van der Waals surface area contributed by atoms with E-state index in [2.05, 4.69) is 24.2 Å². The van der Waals surface area contributed by atoms with Crippen LogP contribution in [0.1, 0.15) is 57.2 Å². The van der Waals surface area contributed by atoms with Crippen molar-refractivity contribution in [3.8, 4) is 0 Å². The van der Waals surface area contributed by atoms with E-state index >= 15 is 0 Å². The van der Waals surface area contributed by atoms with Crippen LogP contribution >= 0.6 is 0 Å². The summed E-state index contributed by atoms with van der Waals surface area (Å²) < 4.78 is 6.62. The van der Waals surface area contributed by atoms with E-state index < -0.39 is 11.6 Å². The van der Waals surface area contributed by atoms with Crippen LogP contribution in [0.15, 0.2) is 0 Å². The number of aliphatic hydroxyl groups is 1. The second-order valence-corrected chi connectivity index (χ2v) is 5.71. The van der Waals surface area contributed by atoms with Crippen LogP contribution < -0.4 is 0 Å². The topological polar surface area (TPSA) is 77.2 Å². The highest BCUT2D eigenvalue weighted by Gasteiger charge is 2.26. The summed E-state index contributed by atoms with van der Waals surface area (Å²) in [6.45, 7) is 10.2. The predicted octanol–water partition coefficient (Wildman–Crippen LogP) is 1.81. The van der Waals surface area contributed by atoms with Gasteiger partial charge in [-0.05, 0) is 32.6 Å². The maximum Gasteiger partial charge on any atom is 0.360 e. The lowest BCUT2D eigenvalue weighted by Crippen LogP contribution is -2.31. The van der Waals surface area contributed by atoms with Crippen molar-refractivity contribution in [1.29, 1.82) is 0 Å². The Labute approximate surface area is 120 Å². The molecule has 0 amide bonds. The maximum absolute atomic E-state index is 11.9. The summed E-state index contributed by atoms with van der Waals surface area (Å²) in [5, 5.41) is 18.1. The molecular weight excluding hydrogens is 258 g/mol. The van der Waals surface area contributed by atoms with Crippen molar-refractivity contribution in [2.24, 2.45) is 5.92 Å². The molecule has 0 spiro atoms. The average molecular weight is 283 g/mol. The van der Waals surface area contributed by atoms with Crippen LogP contribution in [0.3, 0.4) is 0 Å². The van der Waals surface area contributed by atoms with Crippen LogP contribution in [0.2, 0.25) is 0 Å². The fraction of sp³-hybridized carbons (Fsp3) is 0.786. The average Bonchev–Trinajstić information content (AvgIpc) is 2.71. The van der Waals surface area contributed by atoms with E-state index in [-0.39, 0.29) is 5.69 Å². The van der Waals surface area contributed by atoms with Gasteiger partial charge in [0, 0.05) is 0 Å². The Hall–Kier alpha value is -1.43. The van der Waals surface area contributed by atoms with Crippen LogP contribution in [-0.2, 0) is 17.7 Å². The molecule has 1 unspecified atom stereocenters. The van der Waals surface area contributed by atoms with Crippen molar-refractivity contribution >= 4 is 5.97 Å². The van der Waals surface area contributed by atoms with Gasteiger partial charge in [-0.1, -0.05) is 26.0 Å². The largest absolute Gasteiger partial charge is 0.461 e. The minimum Gasteiger partial charge on any atom is -0.461 e. The number of aromatic nitrogens is 3. The summed E-state index contributed by atoms with van der Waals surface area (Å²) in [5.41, 5.74) is 0.116. The number of carbonyl (C=O) groups excluding carboxylic acids is 1. The molecule has 6 nitrogen and oxygen atoms in total. The number of carbonyl (C=O) groups is 1. The fourth-order valence-corrected chi connectivity index (χ4v) is 1.84. The second-order valence-electron chi connectivity index (χ2n) is 5.71. The Morgan fingerprint density at radius 2 is 2.10 bits per heavy atom. The summed E-state index contributed by atoms with van der Waals surface area (Å²) in [6, 6.07) is 0. The smallest absolute Gasteiger partial charge is 0.360 e. The van der Waals surface area contributed by atoms with Crippen LogP contribution in [0.25, 0.3) is 0 Å². The zero-order valence-corrected chi connectivity index (χ0v) is 13.0. The summed E-state index contributed by atoms with van der Waals surface area (Å²) in [6.07, 6.45) is 1.27. The van der Waals surface area contributed by atoms with Crippen molar-refractivity contribution in [1.82, 2.24) is 15.0 Å². The van der Waals surface area contributed by atoms with E-state index in [1.807, 2.05) is 6.92 Å². The number of esters is 1. The molecule has 1 rings (SSSR count). The van der Waals surface area contributed by atoms with Crippen LogP contribution in [0.5, 0.6) is 0 Å². The Balaban J connectivity index is 3.09. The van der Waals surface area contributed by atoms with Gasteiger partial charge in [-0.25, -0.2) is 9.48 Å². The molecule has 1 aromatic heterocycles. The van der Waals surface area contributed by atoms with Gasteiger partial charge in [0.2, 0.25) is 0 Å². The van der Waals surface area contributed by atoms with E-state index in [0.717, 1.165) is 5.69 Å². The van der Waals surface area contributed by atoms with Crippen molar-refractivity contribution in [3.63, 3.8) is 0 Å². The quantitative estimate of drug-likeness (QED) is 0.772. The van der Waals surface area contributed by atoms with Gasteiger partial charge in [-0.15, -0.1) is 5.10 Å². The minimum atomic E-state index is -0.870. The number of rotatable bonds is 7. The molecule has 0 radical (unpaired) electrons. The Morgan fingerprint density at radius 1 is 1.45 bits per heavy atom. The van der Waals surface area contributed by atoms with Gasteiger partial charge in [0.15, 0.2) is 5.69 Å². The van der Waals surface area contributed by atoms with Gasteiger partial charge >= 0.3 is 5.97 Å². The van der Waals surface area contributed by atoms with Gasteiger partial charge in [0.25, 0.3) is 0 Å². The van der Waals surface area contributed by atoms with Crippen molar-refractivity contribution in [2.75, 3.05) is 6.61 Å². The molecule has 0 aromatic carbocycles. The van der Waals surface area contributed by atoms with E-state index in [4.69, 9.17) is 4.74 Å². The summed E-state index contributed by atoms with van der Waals surface area (Å²) >= 11 is 0. The normalized spacial score (nSPS) is 14.3. The first-order valence-corrected chi connectivity index (χ1v) is 7.12. The van der Waals surface area contributed by atoms with Gasteiger partial charge in [0.05, 0.1) is 24.4 Å². The molecule has 6 heteroatoms. The first-order chi connectivity index (χ1) is 9.30. The molecule has 0 saturated heterocycles. The lowest BCUT2D eigenvalue weighted by Gasteiger charge is -2.22. The monoisotopic (exact) mass is 283 g/mol. The molecular formula is C14H25N3O3. The van der Waals surface area contributed by atoms with Crippen LogP contribution in [-0.4, -0.2) is 38.3 Å². The molecule has 0 fully saturated rings. The molecule has 114 valence electrons. The van der Waals surface area contributed by atoms with E-state index in [0.29, 0.717) is 31.9 Å². The molecule has 0 aliphatic heterocycles. The summed E-state index contributed by atoms with van der Waals surface area (Å²) in [7, 11) is 0. The lowest BCUT2D eigenvalue weighted by atomic mass is 10.0. The molecule has 0 bridgehead atoms. The van der Waals surface area contributed by atoms with Gasteiger partial charge < -0.3 is 9.84 Å². The minimum absolute atomic E-state index is 0.257. The number of nitrogens with zero attached hydrogens (tertiary/aromatic N) is 3. The molecule has 1 aromatic rings. The Bertz CT molecular complexity index is 453. The first kappa shape index (κ1) is 16.6. The molecule has 1 atom stereocenters. The fourth-order valence-electron chi connectivity index (χ4n) is 1.84. The molecule has 1 heterocycles. The summed E-state index contributed by atoms with van der Waals surface area (Å²) in [5.74, 6) is -0.0995. The molecule has 0 aliphatic carbocycles. The predicted molar refractivity (Wildman–Crippen MR) is 75.4 cm³/mol. The van der Waals surface area contributed by atoms with Crippen LogP contribution in [0, 0.1) is 5.92 Å². The van der Waals surface area contributed by atoms with Crippen LogP contribution in [0.4, 0.5) is 0 Å². The highest BCUT2D eigenvalue weighted by atomic mass is 16.5. The number of hydrogen-bond acceptors (Lipinski definition) is 5. The Morgan fingerprint density at radius 3 is 2.60 bits per heavy atom. The number of ether oxygens (including phenoxy) is 1. The van der Waals surface area contributed by atoms with Crippen molar-refractivity contribution in [3.05, 3.63) is 11.4 Å². The first-order valence-electron chi connectivity index (χ1n) is 7.12. The third kappa shape index (κ3) is 4.30. The Kier molecular flexibility index (Phi) is 5.68. The van der Waals surface area contributed by atoms with Gasteiger partial charge in [-0.2, -0.15) is 0 Å². The van der Waals surface area contributed by atoms with Crippen molar-refractivity contribution in [2.45, 2.75) is 59.6 Å². The summed E-state index contributed by atoms with van der Waals surface area (Å²) in [4.78, 5) is 11.9. The highest BCUT2D eigenvalue weighted by molar-refractivity contribution is 5.88. The van der Waals surface area contributed by atoms with Gasteiger partial charge in [-0.3, -0.25) is 0 Å². The number of hydrogen-bond donors (Lipinski definition) is 1. The molecule has 1 N–H and O–H groups in total. The molecule has 0 saturated carbocycles. The highest BCUT2D eigenvalue weighted by Crippen LogP contribution is 2.17. The zero-order chi connectivity index (χ0) is 15.3. The zero-order valence-electron chi connectivity index (χ0n) is 13.0. The maximum atomic E-state index is 11.9. The van der Waals surface area contributed by atoms with E-state index in [9.17, 15) is 9.90 Å².